The Bertz CT molecular complexity index is 426. The predicted molar refractivity (Wildman–Crippen MR) is 70.7 cm³/mol. The van der Waals surface area contributed by atoms with Crippen LogP contribution in [0, 0.1) is 0 Å². The lowest BCUT2D eigenvalue weighted by atomic mass is 10.0. The molecule has 1 rings (SSSR count). The molecule has 1 aromatic rings. The van der Waals surface area contributed by atoms with Crippen molar-refractivity contribution in [3.8, 4) is 0 Å². The van der Waals surface area contributed by atoms with Gasteiger partial charge >= 0.3 is 0 Å². The number of aliphatic hydroxyl groups excluding tert-OH is 2. The molecule has 0 aromatic heterocycles. The van der Waals surface area contributed by atoms with Crippen LogP contribution in [0.5, 0.6) is 0 Å². The van der Waals surface area contributed by atoms with E-state index in [2.05, 4.69) is 5.32 Å². The smallest absolute Gasteiger partial charge is 0.216 e. The predicted octanol–water partition coefficient (Wildman–Crippen LogP) is 1.91. The Morgan fingerprint density at radius 3 is 2.61 bits per heavy atom. The van der Waals surface area contributed by atoms with Crippen molar-refractivity contribution in [1.82, 2.24) is 5.32 Å². The zero-order valence-electron chi connectivity index (χ0n) is 9.86. The Kier molecular flexibility index (Phi) is 5.88. The number of hydrogen-bond acceptors (Lipinski definition) is 3. The maximum Gasteiger partial charge on any atom is 0.216 e. The highest BCUT2D eigenvalue weighted by Gasteiger charge is 2.20. The summed E-state index contributed by atoms with van der Waals surface area (Å²) >= 11 is 11.7. The molecule has 0 fully saturated rings. The van der Waals surface area contributed by atoms with E-state index in [1.807, 2.05) is 0 Å². The first-order valence-corrected chi connectivity index (χ1v) is 6.23. The Morgan fingerprint density at radius 1 is 1.39 bits per heavy atom. The number of carbonyl (C=O) groups is 1. The van der Waals surface area contributed by atoms with Gasteiger partial charge in [-0.15, -0.1) is 0 Å². The summed E-state index contributed by atoms with van der Waals surface area (Å²) in [5, 5.41) is 23.0. The molecule has 4 nitrogen and oxygen atoms in total. The summed E-state index contributed by atoms with van der Waals surface area (Å²) in [5.74, 6) is -0.179. The van der Waals surface area contributed by atoms with Crippen LogP contribution >= 0.6 is 23.2 Å². The van der Waals surface area contributed by atoms with Crippen LogP contribution in [0.1, 0.15) is 25.0 Å². The van der Waals surface area contributed by atoms with Crippen molar-refractivity contribution in [1.29, 1.82) is 0 Å². The van der Waals surface area contributed by atoms with Gasteiger partial charge in [0.05, 0.1) is 6.10 Å². The minimum absolute atomic E-state index is 0.179. The van der Waals surface area contributed by atoms with Crippen molar-refractivity contribution in [2.45, 2.75) is 25.6 Å². The van der Waals surface area contributed by atoms with E-state index in [9.17, 15) is 15.0 Å². The van der Waals surface area contributed by atoms with E-state index in [-0.39, 0.29) is 12.3 Å². The van der Waals surface area contributed by atoms with E-state index < -0.39 is 12.2 Å². The second-order valence-electron chi connectivity index (χ2n) is 3.95. The van der Waals surface area contributed by atoms with Gasteiger partial charge in [0, 0.05) is 29.1 Å². The second kappa shape index (κ2) is 6.95. The van der Waals surface area contributed by atoms with Gasteiger partial charge in [0.1, 0.15) is 6.10 Å². The molecule has 0 spiro atoms. The summed E-state index contributed by atoms with van der Waals surface area (Å²) in [6, 6.07) is 4.66. The molecule has 100 valence electrons. The van der Waals surface area contributed by atoms with Crippen LogP contribution in [-0.4, -0.2) is 28.8 Å². The lowest BCUT2D eigenvalue weighted by Crippen LogP contribution is -2.27. The molecule has 0 heterocycles. The zero-order chi connectivity index (χ0) is 13.7. The fourth-order valence-corrected chi connectivity index (χ4v) is 2.02. The van der Waals surface area contributed by atoms with Crippen molar-refractivity contribution in [3.63, 3.8) is 0 Å². The van der Waals surface area contributed by atoms with Gasteiger partial charge in [0.15, 0.2) is 0 Å². The van der Waals surface area contributed by atoms with E-state index in [1.54, 1.807) is 12.1 Å². The molecule has 2 atom stereocenters. The summed E-state index contributed by atoms with van der Waals surface area (Å²) in [6.07, 6.45) is -1.88. The molecule has 18 heavy (non-hydrogen) atoms. The summed E-state index contributed by atoms with van der Waals surface area (Å²) in [7, 11) is 0. The third-order valence-corrected chi connectivity index (χ3v) is 3.02. The van der Waals surface area contributed by atoms with Gasteiger partial charge in [-0.3, -0.25) is 4.79 Å². The van der Waals surface area contributed by atoms with E-state index in [0.717, 1.165) is 0 Å². The third-order valence-electron chi connectivity index (χ3n) is 2.46. The van der Waals surface area contributed by atoms with Crippen molar-refractivity contribution in [3.05, 3.63) is 33.8 Å². The molecule has 3 N–H and O–H groups in total. The number of rotatable bonds is 5. The molecule has 6 heteroatoms. The van der Waals surface area contributed by atoms with E-state index >= 15 is 0 Å². The van der Waals surface area contributed by atoms with Crippen molar-refractivity contribution in [2.24, 2.45) is 0 Å². The van der Waals surface area contributed by atoms with E-state index in [1.165, 1.54) is 13.0 Å². The average molecular weight is 292 g/mol. The van der Waals surface area contributed by atoms with E-state index in [4.69, 9.17) is 23.2 Å². The molecule has 0 aliphatic rings. The number of nitrogens with one attached hydrogen (secondary N) is 1. The first kappa shape index (κ1) is 15.2. The van der Waals surface area contributed by atoms with Gasteiger partial charge in [-0.1, -0.05) is 29.3 Å². The highest BCUT2D eigenvalue weighted by Crippen LogP contribution is 2.28. The number of halogens is 2. The van der Waals surface area contributed by atoms with E-state index in [0.29, 0.717) is 22.2 Å². The highest BCUT2D eigenvalue weighted by atomic mass is 35.5. The van der Waals surface area contributed by atoms with Crippen molar-refractivity contribution >= 4 is 29.1 Å². The number of aliphatic hydroxyl groups is 2. The monoisotopic (exact) mass is 291 g/mol. The Labute approximate surface area is 116 Å². The van der Waals surface area contributed by atoms with Crippen LogP contribution in [0.2, 0.25) is 10.0 Å². The van der Waals surface area contributed by atoms with Gasteiger partial charge in [-0.05, 0) is 18.6 Å². The fourth-order valence-electron chi connectivity index (χ4n) is 1.50. The summed E-state index contributed by atoms with van der Waals surface area (Å²) in [4.78, 5) is 10.7. The first-order valence-electron chi connectivity index (χ1n) is 5.47. The van der Waals surface area contributed by atoms with Gasteiger partial charge < -0.3 is 15.5 Å². The van der Waals surface area contributed by atoms with Crippen molar-refractivity contribution in [2.75, 3.05) is 6.54 Å². The molecule has 0 radical (unpaired) electrons. The molecule has 1 amide bonds. The summed E-state index contributed by atoms with van der Waals surface area (Å²) in [5.41, 5.74) is 0.413. The molecule has 2 unspecified atom stereocenters. The van der Waals surface area contributed by atoms with Crippen LogP contribution in [0.15, 0.2) is 18.2 Å². The first-order chi connectivity index (χ1) is 8.41. The van der Waals surface area contributed by atoms with Gasteiger partial charge in [-0.25, -0.2) is 0 Å². The molecule has 0 aliphatic carbocycles. The molecule has 0 saturated heterocycles. The Balaban J connectivity index is 2.62. The second-order valence-corrected chi connectivity index (χ2v) is 4.79. The lowest BCUT2D eigenvalue weighted by molar-refractivity contribution is -0.119. The Morgan fingerprint density at radius 2 is 2.06 bits per heavy atom. The topological polar surface area (TPSA) is 69.6 Å². The molecule has 0 aliphatic heterocycles. The van der Waals surface area contributed by atoms with Crippen LogP contribution in [-0.2, 0) is 4.79 Å². The lowest BCUT2D eigenvalue weighted by Gasteiger charge is -2.19. The van der Waals surface area contributed by atoms with Gasteiger partial charge in [0.2, 0.25) is 5.91 Å². The minimum Gasteiger partial charge on any atom is -0.390 e. The van der Waals surface area contributed by atoms with Crippen LogP contribution in [0.3, 0.4) is 0 Å². The fraction of sp³-hybridized carbons (Fsp3) is 0.417. The molecular formula is C12H15Cl2NO3. The largest absolute Gasteiger partial charge is 0.390 e. The molecule has 0 bridgehead atoms. The molecular weight excluding hydrogens is 277 g/mol. The highest BCUT2D eigenvalue weighted by molar-refractivity contribution is 6.35. The molecule has 1 aromatic carbocycles. The van der Waals surface area contributed by atoms with Crippen molar-refractivity contribution < 1.29 is 15.0 Å². The van der Waals surface area contributed by atoms with Gasteiger partial charge in [-0.2, -0.15) is 0 Å². The maximum absolute atomic E-state index is 10.7. The Hall–Kier alpha value is -0.810. The number of hydrogen-bond donors (Lipinski definition) is 3. The normalized spacial score (nSPS) is 14.1. The van der Waals surface area contributed by atoms with Gasteiger partial charge in [0.25, 0.3) is 0 Å². The number of amides is 1. The van der Waals surface area contributed by atoms with Crippen LogP contribution < -0.4 is 5.32 Å². The summed E-state index contributed by atoms with van der Waals surface area (Å²) in [6.45, 7) is 1.68. The number of benzene rings is 1. The van der Waals surface area contributed by atoms with Crippen LogP contribution in [0.4, 0.5) is 0 Å². The van der Waals surface area contributed by atoms with Crippen LogP contribution in [0.25, 0.3) is 0 Å². The summed E-state index contributed by atoms with van der Waals surface area (Å²) < 4.78 is 0. The minimum atomic E-state index is -1.11. The standard InChI is InChI=1S/C12H15Cl2NO3/c1-7(16)15-5-4-11(17)12(18)9-3-2-8(13)6-10(9)14/h2-3,6,11-12,17-18H,4-5H2,1H3,(H,15,16). The zero-order valence-corrected chi connectivity index (χ0v) is 11.4. The number of carbonyl (C=O) groups excluding carboxylic acids is 1. The maximum atomic E-state index is 10.7. The average Bonchev–Trinajstić information content (AvgIpc) is 2.27. The molecule has 0 saturated carbocycles. The quantitative estimate of drug-likeness (QED) is 0.776. The SMILES string of the molecule is CC(=O)NCCC(O)C(O)c1ccc(Cl)cc1Cl. The third kappa shape index (κ3) is 4.46.